The fraction of sp³-hybridized carbons (Fsp3) is 0.333. The van der Waals surface area contributed by atoms with Crippen LogP contribution in [0, 0.1) is 11.8 Å². The van der Waals surface area contributed by atoms with Crippen LogP contribution in [0.1, 0.15) is 25.0 Å². The summed E-state index contributed by atoms with van der Waals surface area (Å²) in [5, 5.41) is 2.66. The minimum absolute atomic E-state index is 0.515. The van der Waals surface area contributed by atoms with E-state index in [0.29, 0.717) is 11.1 Å². The maximum atomic E-state index is 13.6. The molecule has 0 aliphatic heterocycles. The second-order valence-electron chi connectivity index (χ2n) is 7.59. The van der Waals surface area contributed by atoms with Gasteiger partial charge in [0.05, 0.1) is 19.6 Å². The molecule has 8 nitrogen and oxygen atoms in total. The molecule has 0 aliphatic rings. The zero-order valence-electron chi connectivity index (χ0n) is 18.5. The summed E-state index contributed by atoms with van der Waals surface area (Å²) in [6.07, 6.45) is 0. The highest BCUT2D eigenvalue weighted by Crippen LogP contribution is 2.33. The topological polar surface area (TPSA) is 125 Å². The first-order valence-electron chi connectivity index (χ1n) is 10.1. The maximum absolute atomic E-state index is 13.6. The zero-order chi connectivity index (χ0) is 23.9. The number of ether oxygens (including phenoxy) is 2. The summed E-state index contributed by atoms with van der Waals surface area (Å²) in [4.78, 5) is 50.4. The average molecular weight is 440 g/mol. The molecular weight excluding hydrogens is 412 g/mol. The van der Waals surface area contributed by atoms with Crippen LogP contribution in [0.4, 0.5) is 0 Å². The standard InChI is InChI=1S/C24H28N2O6/c1-15(18(21(28)31-3)22(29)32-4)19(20(25)27)26-23(30)24(2,16-11-7-5-8-12-16)17-13-9-6-10-14-17/h5-15,18-19H,1-4H3,(H2,25,27)(H,26,30)/t15-,19+/m1/s1. The molecule has 2 atom stereocenters. The van der Waals surface area contributed by atoms with Gasteiger partial charge in [0.25, 0.3) is 0 Å². The van der Waals surface area contributed by atoms with Gasteiger partial charge >= 0.3 is 11.9 Å². The summed E-state index contributed by atoms with van der Waals surface area (Å²) >= 11 is 0. The van der Waals surface area contributed by atoms with Gasteiger partial charge in [0, 0.05) is 5.92 Å². The van der Waals surface area contributed by atoms with Crippen molar-refractivity contribution in [3.63, 3.8) is 0 Å². The van der Waals surface area contributed by atoms with Gasteiger partial charge in [0.15, 0.2) is 5.92 Å². The van der Waals surface area contributed by atoms with Crippen LogP contribution < -0.4 is 11.1 Å². The number of amides is 2. The van der Waals surface area contributed by atoms with Gasteiger partial charge in [-0.2, -0.15) is 0 Å². The van der Waals surface area contributed by atoms with Gasteiger partial charge in [-0.15, -0.1) is 0 Å². The van der Waals surface area contributed by atoms with Crippen molar-refractivity contribution in [1.82, 2.24) is 5.32 Å². The summed E-state index contributed by atoms with van der Waals surface area (Å²) in [6, 6.07) is 16.8. The van der Waals surface area contributed by atoms with E-state index in [1.807, 2.05) is 36.4 Å². The molecule has 0 saturated heterocycles. The molecule has 0 fully saturated rings. The Balaban J connectivity index is 2.48. The lowest BCUT2D eigenvalue weighted by atomic mass is 9.75. The molecular formula is C24H28N2O6. The number of primary amides is 1. The zero-order valence-corrected chi connectivity index (χ0v) is 18.5. The van der Waals surface area contributed by atoms with E-state index in [-0.39, 0.29) is 0 Å². The van der Waals surface area contributed by atoms with Gasteiger partial charge in [-0.05, 0) is 18.1 Å². The van der Waals surface area contributed by atoms with Crippen LogP contribution in [0.2, 0.25) is 0 Å². The predicted molar refractivity (Wildman–Crippen MR) is 117 cm³/mol. The highest BCUT2D eigenvalue weighted by atomic mass is 16.5. The first kappa shape index (κ1) is 24.6. The monoisotopic (exact) mass is 440 g/mol. The first-order valence-corrected chi connectivity index (χ1v) is 10.1. The molecule has 0 radical (unpaired) electrons. The van der Waals surface area contributed by atoms with E-state index < -0.39 is 47.0 Å². The fourth-order valence-corrected chi connectivity index (χ4v) is 3.69. The van der Waals surface area contributed by atoms with Crippen molar-refractivity contribution in [2.45, 2.75) is 25.3 Å². The SMILES string of the molecule is COC(=O)C(C(=O)OC)[C@@H](C)[C@H](NC(=O)C(C)(c1ccccc1)c1ccccc1)C(N)=O. The van der Waals surface area contributed by atoms with Crippen LogP contribution in [-0.2, 0) is 34.1 Å². The van der Waals surface area contributed by atoms with Gasteiger partial charge in [-0.3, -0.25) is 19.2 Å². The number of hydrogen-bond donors (Lipinski definition) is 2. The summed E-state index contributed by atoms with van der Waals surface area (Å²) in [7, 11) is 2.23. The number of nitrogens with two attached hydrogens (primary N) is 1. The van der Waals surface area contributed by atoms with Crippen molar-refractivity contribution < 1.29 is 28.7 Å². The van der Waals surface area contributed by atoms with E-state index in [4.69, 9.17) is 15.2 Å². The molecule has 0 aromatic heterocycles. The van der Waals surface area contributed by atoms with E-state index >= 15 is 0 Å². The number of esters is 2. The van der Waals surface area contributed by atoms with Crippen LogP contribution in [0.15, 0.2) is 60.7 Å². The Morgan fingerprint density at radius 1 is 0.844 bits per heavy atom. The van der Waals surface area contributed by atoms with Gasteiger partial charge in [-0.1, -0.05) is 67.6 Å². The molecule has 8 heteroatoms. The second-order valence-corrected chi connectivity index (χ2v) is 7.59. The molecule has 2 aromatic rings. The minimum atomic E-state index is -1.44. The molecule has 3 N–H and O–H groups in total. The molecule has 0 unspecified atom stereocenters. The summed E-state index contributed by atoms with van der Waals surface area (Å²) < 4.78 is 9.39. The molecule has 2 rings (SSSR count). The number of benzene rings is 2. The molecule has 170 valence electrons. The Morgan fingerprint density at radius 2 is 1.25 bits per heavy atom. The molecule has 0 bridgehead atoms. The van der Waals surface area contributed by atoms with Gasteiger partial charge in [-0.25, -0.2) is 0 Å². The van der Waals surface area contributed by atoms with Crippen molar-refractivity contribution in [1.29, 1.82) is 0 Å². The first-order chi connectivity index (χ1) is 15.2. The van der Waals surface area contributed by atoms with Gasteiger partial charge in [0.2, 0.25) is 11.8 Å². The van der Waals surface area contributed by atoms with Crippen LogP contribution >= 0.6 is 0 Å². The third-order valence-corrected chi connectivity index (χ3v) is 5.71. The van der Waals surface area contributed by atoms with Crippen molar-refractivity contribution in [3.8, 4) is 0 Å². The molecule has 32 heavy (non-hydrogen) atoms. The van der Waals surface area contributed by atoms with Crippen LogP contribution in [0.5, 0.6) is 0 Å². The van der Waals surface area contributed by atoms with Crippen molar-refractivity contribution in [2.24, 2.45) is 17.6 Å². The normalized spacial score (nSPS) is 13.0. The number of hydrogen-bond acceptors (Lipinski definition) is 6. The quantitative estimate of drug-likeness (QED) is 0.450. The lowest BCUT2D eigenvalue weighted by Gasteiger charge is -2.33. The molecule has 2 amide bonds. The largest absolute Gasteiger partial charge is 0.468 e. The highest BCUT2D eigenvalue weighted by molar-refractivity contribution is 5.98. The van der Waals surface area contributed by atoms with Crippen molar-refractivity contribution in [2.75, 3.05) is 14.2 Å². The fourth-order valence-electron chi connectivity index (χ4n) is 3.69. The molecule has 0 spiro atoms. The molecule has 2 aromatic carbocycles. The minimum Gasteiger partial charge on any atom is -0.468 e. The lowest BCUT2D eigenvalue weighted by molar-refractivity contribution is -0.162. The smallest absolute Gasteiger partial charge is 0.320 e. The molecule has 0 heterocycles. The number of rotatable bonds is 9. The Kier molecular flexibility index (Phi) is 8.12. The van der Waals surface area contributed by atoms with E-state index in [1.54, 1.807) is 31.2 Å². The predicted octanol–water partition coefficient (Wildman–Crippen LogP) is 1.56. The Bertz CT molecular complexity index is 905. The van der Waals surface area contributed by atoms with Crippen molar-refractivity contribution >= 4 is 23.8 Å². The van der Waals surface area contributed by atoms with Gasteiger partial charge < -0.3 is 20.5 Å². The third-order valence-electron chi connectivity index (χ3n) is 5.71. The summed E-state index contributed by atoms with van der Waals surface area (Å²) in [6.45, 7) is 3.18. The Hall–Kier alpha value is -3.68. The summed E-state index contributed by atoms with van der Waals surface area (Å²) in [5.74, 6) is -5.65. The molecule has 0 aliphatic carbocycles. The number of methoxy groups -OCH3 is 2. The number of carbonyl (C=O) groups is 4. The number of nitrogens with one attached hydrogen (secondary N) is 1. The number of carbonyl (C=O) groups excluding carboxylic acids is 4. The van der Waals surface area contributed by atoms with Crippen LogP contribution in [-0.4, -0.2) is 44.0 Å². The van der Waals surface area contributed by atoms with Gasteiger partial charge in [0.1, 0.15) is 6.04 Å². The van der Waals surface area contributed by atoms with E-state index in [0.717, 1.165) is 14.2 Å². The average Bonchev–Trinajstić information content (AvgIpc) is 2.82. The Morgan fingerprint density at radius 3 is 1.59 bits per heavy atom. The van der Waals surface area contributed by atoms with E-state index in [1.165, 1.54) is 6.92 Å². The summed E-state index contributed by atoms with van der Waals surface area (Å²) in [5.41, 5.74) is 5.77. The second kappa shape index (κ2) is 10.6. The lowest BCUT2D eigenvalue weighted by Crippen LogP contribution is -2.56. The molecule has 0 saturated carbocycles. The van der Waals surface area contributed by atoms with Crippen LogP contribution in [0.3, 0.4) is 0 Å². The van der Waals surface area contributed by atoms with E-state index in [2.05, 4.69) is 5.32 Å². The highest BCUT2D eigenvalue weighted by Gasteiger charge is 2.44. The van der Waals surface area contributed by atoms with Crippen molar-refractivity contribution in [3.05, 3.63) is 71.8 Å². The maximum Gasteiger partial charge on any atom is 0.320 e. The van der Waals surface area contributed by atoms with Crippen LogP contribution in [0.25, 0.3) is 0 Å². The van der Waals surface area contributed by atoms with E-state index in [9.17, 15) is 19.2 Å². The Labute approximate surface area is 187 Å². The third kappa shape index (κ3) is 4.96.